The minimum atomic E-state index is -0.853. The molecular weight excluding hydrogens is 539 g/mol. The molecule has 1 saturated heterocycles. The number of halogens is 2. The Bertz CT molecular complexity index is 1600. The number of imide groups is 1. The molecule has 0 spiro atoms. The predicted octanol–water partition coefficient (Wildman–Crippen LogP) is 5.86. The van der Waals surface area contributed by atoms with E-state index >= 15 is 0 Å². The third kappa shape index (κ3) is 3.81. The molecule has 2 fully saturated rings. The van der Waals surface area contributed by atoms with Gasteiger partial charge in [0.25, 0.3) is 11.8 Å². The van der Waals surface area contributed by atoms with Crippen molar-refractivity contribution in [1.29, 1.82) is 0 Å². The number of amides is 2. The first-order valence-electron chi connectivity index (χ1n) is 12.8. The maximum Gasteiger partial charge on any atom is 0.262 e. The first-order chi connectivity index (χ1) is 18.7. The number of carbonyl (C=O) groups excluding carboxylic acids is 2. The maximum absolute atomic E-state index is 13.8. The number of nitrogens with zero attached hydrogens (tertiary/aromatic N) is 4. The van der Waals surface area contributed by atoms with Gasteiger partial charge in [-0.1, -0.05) is 47.5 Å². The van der Waals surface area contributed by atoms with Crippen molar-refractivity contribution in [3.63, 3.8) is 0 Å². The fourth-order valence-corrected chi connectivity index (χ4v) is 6.81. The quantitative estimate of drug-likeness (QED) is 0.229. The lowest BCUT2D eigenvalue weighted by atomic mass is 9.88. The molecule has 10 heteroatoms. The zero-order valence-electron chi connectivity index (χ0n) is 21.1. The molecule has 198 valence electrons. The Kier molecular flexibility index (Phi) is 5.61. The molecular formula is C29H24Cl2N4O4. The fourth-order valence-electron chi connectivity index (χ4n) is 6.49. The number of rotatable bonds is 4. The second-order valence-corrected chi connectivity index (χ2v) is 11.5. The molecule has 2 amide bonds. The van der Waals surface area contributed by atoms with Gasteiger partial charge in [-0.15, -0.1) is 0 Å². The Labute approximate surface area is 234 Å². The van der Waals surface area contributed by atoms with Gasteiger partial charge in [-0.3, -0.25) is 14.5 Å². The van der Waals surface area contributed by atoms with Gasteiger partial charge in [-0.05, 0) is 56.2 Å². The van der Waals surface area contributed by atoms with Crippen LogP contribution in [0.1, 0.15) is 58.6 Å². The molecule has 0 bridgehead atoms. The van der Waals surface area contributed by atoms with Gasteiger partial charge in [0, 0.05) is 17.1 Å². The lowest BCUT2D eigenvalue weighted by Gasteiger charge is -2.34. The van der Waals surface area contributed by atoms with Crippen LogP contribution >= 0.6 is 23.2 Å². The number of fused-ring (bicyclic) bond motifs is 3. The van der Waals surface area contributed by atoms with Crippen LogP contribution in [0.2, 0.25) is 10.2 Å². The Morgan fingerprint density at radius 2 is 1.59 bits per heavy atom. The van der Waals surface area contributed by atoms with Crippen molar-refractivity contribution in [3.8, 4) is 0 Å². The smallest absolute Gasteiger partial charge is 0.262 e. The summed E-state index contributed by atoms with van der Waals surface area (Å²) in [5.41, 5.74) is 2.30. The lowest BCUT2D eigenvalue weighted by molar-refractivity contribution is -0.162. The molecule has 7 rings (SSSR count). The van der Waals surface area contributed by atoms with E-state index in [4.69, 9.17) is 32.7 Å². The molecule has 2 aliphatic heterocycles. The Morgan fingerprint density at radius 3 is 2.28 bits per heavy atom. The highest BCUT2D eigenvalue weighted by atomic mass is 35.5. The SMILES string of the molecule is CC1(C)O[C@@H]2[C@@H]([C@@H](c3ccc(Cl)cc3)N3C(=O)c4ccccc4C3=O)C[C@@H](n3ccc4c(Cl)ncnc43)[C@@H]2O1. The summed E-state index contributed by atoms with van der Waals surface area (Å²) >= 11 is 12.6. The highest BCUT2D eigenvalue weighted by molar-refractivity contribution is 6.33. The van der Waals surface area contributed by atoms with Crippen LogP contribution in [0.3, 0.4) is 0 Å². The predicted molar refractivity (Wildman–Crippen MR) is 145 cm³/mol. The molecule has 0 unspecified atom stereocenters. The Balaban J connectivity index is 1.36. The van der Waals surface area contributed by atoms with Gasteiger partial charge in [-0.2, -0.15) is 0 Å². The van der Waals surface area contributed by atoms with Gasteiger partial charge in [-0.25, -0.2) is 9.97 Å². The van der Waals surface area contributed by atoms with Crippen molar-refractivity contribution >= 4 is 46.0 Å². The topological polar surface area (TPSA) is 86.6 Å². The molecule has 1 saturated carbocycles. The normalized spacial score (nSPS) is 26.3. The van der Waals surface area contributed by atoms with Crippen molar-refractivity contribution in [2.24, 2.45) is 5.92 Å². The number of carbonyl (C=O) groups is 2. The summed E-state index contributed by atoms with van der Waals surface area (Å²) in [7, 11) is 0. The monoisotopic (exact) mass is 562 g/mol. The zero-order valence-corrected chi connectivity index (χ0v) is 22.6. The van der Waals surface area contributed by atoms with E-state index in [1.165, 1.54) is 11.2 Å². The van der Waals surface area contributed by atoms with E-state index in [0.29, 0.717) is 33.4 Å². The highest BCUT2D eigenvalue weighted by Gasteiger charge is 2.59. The van der Waals surface area contributed by atoms with Crippen LogP contribution in [0.4, 0.5) is 0 Å². The van der Waals surface area contributed by atoms with Crippen LogP contribution in [-0.2, 0) is 9.47 Å². The van der Waals surface area contributed by atoms with Crippen molar-refractivity contribution < 1.29 is 19.1 Å². The van der Waals surface area contributed by atoms with E-state index in [2.05, 4.69) is 9.97 Å². The van der Waals surface area contributed by atoms with E-state index in [-0.39, 0.29) is 29.9 Å². The van der Waals surface area contributed by atoms with E-state index in [9.17, 15) is 9.59 Å². The third-order valence-electron chi connectivity index (χ3n) is 8.02. The summed E-state index contributed by atoms with van der Waals surface area (Å²) in [4.78, 5) is 37.5. The molecule has 4 aromatic rings. The minimum Gasteiger partial charge on any atom is -0.344 e. The largest absolute Gasteiger partial charge is 0.344 e. The second kappa shape index (κ2) is 8.86. The summed E-state index contributed by atoms with van der Waals surface area (Å²) in [6, 6.07) is 15.3. The lowest BCUT2D eigenvalue weighted by Crippen LogP contribution is -2.42. The van der Waals surface area contributed by atoms with E-state index in [1.54, 1.807) is 36.4 Å². The van der Waals surface area contributed by atoms with E-state index in [1.807, 2.05) is 42.8 Å². The Hall–Kier alpha value is -3.30. The van der Waals surface area contributed by atoms with Gasteiger partial charge in [0.05, 0.1) is 34.7 Å². The summed E-state index contributed by atoms with van der Waals surface area (Å²) < 4.78 is 15.0. The average molecular weight is 563 g/mol. The molecule has 2 aromatic heterocycles. The van der Waals surface area contributed by atoms with Crippen LogP contribution in [0.15, 0.2) is 67.1 Å². The van der Waals surface area contributed by atoms with E-state index < -0.39 is 17.9 Å². The number of benzene rings is 2. The highest BCUT2D eigenvalue weighted by Crippen LogP contribution is 2.53. The molecule has 5 atom stereocenters. The molecule has 0 radical (unpaired) electrons. The van der Waals surface area contributed by atoms with Crippen LogP contribution < -0.4 is 0 Å². The number of hydrogen-bond donors (Lipinski definition) is 0. The van der Waals surface area contributed by atoms with Gasteiger partial charge < -0.3 is 14.0 Å². The van der Waals surface area contributed by atoms with Crippen LogP contribution in [-0.4, -0.2) is 49.2 Å². The summed E-state index contributed by atoms with van der Waals surface area (Å²) in [5.74, 6) is -1.77. The molecule has 0 N–H and O–H groups in total. The standard InChI is InChI=1S/C29H24Cl2N4O4/c1-29(2)38-23-20(13-21(24(23)39-29)34-12-11-19-25(31)32-14-33-26(19)34)22(15-7-9-16(30)10-8-15)35-27(36)17-5-3-4-6-18(17)28(35)37/h3-12,14,20-24H,13H2,1-2H3/t20-,21-,22-,23-,24+/m1/s1. The van der Waals surface area contributed by atoms with Gasteiger partial charge in [0.2, 0.25) is 0 Å². The third-order valence-corrected chi connectivity index (χ3v) is 8.57. The maximum atomic E-state index is 13.8. The molecule has 3 aliphatic rings. The first-order valence-corrected chi connectivity index (χ1v) is 13.5. The van der Waals surface area contributed by atoms with Gasteiger partial charge in [0.1, 0.15) is 23.2 Å². The zero-order chi connectivity index (χ0) is 27.1. The summed E-state index contributed by atoms with van der Waals surface area (Å²) in [6.45, 7) is 3.76. The minimum absolute atomic E-state index is 0.185. The molecule has 39 heavy (non-hydrogen) atoms. The van der Waals surface area contributed by atoms with Crippen molar-refractivity contribution in [2.45, 2.75) is 50.3 Å². The molecule has 1 aliphatic carbocycles. The number of aromatic nitrogens is 3. The average Bonchev–Trinajstić information content (AvgIpc) is 3.63. The van der Waals surface area contributed by atoms with Crippen molar-refractivity contribution in [3.05, 3.63) is 94.0 Å². The molecule has 8 nitrogen and oxygen atoms in total. The fraction of sp³-hybridized carbons (Fsp3) is 0.310. The van der Waals surface area contributed by atoms with Gasteiger partial charge in [0.15, 0.2) is 5.79 Å². The van der Waals surface area contributed by atoms with Crippen molar-refractivity contribution in [2.75, 3.05) is 0 Å². The van der Waals surface area contributed by atoms with Crippen molar-refractivity contribution in [1.82, 2.24) is 19.4 Å². The first kappa shape index (κ1) is 24.7. The summed E-state index contributed by atoms with van der Waals surface area (Å²) in [6.07, 6.45) is 3.20. The second-order valence-electron chi connectivity index (χ2n) is 10.7. The molecule has 2 aromatic carbocycles. The number of hydrogen-bond acceptors (Lipinski definition) is 6. The summed E-state index contributed by atoms with van der Waals surface area (Å²) in [5, 5.41) is 1.68. The van der Waals surface area contributed by atoms with Crippen LogP contribution in [0, 0.1) is 5.92 Å². The Morgan fingerprint density at radius 1 is 0.923 bits per heavy atom. The van der Waals surface area contributed by atoms with Crippen LogP contribution in [0.25, 0.3) is 11.0 Å². The molecule has 4 heterocycles. The van der Waals surface area contributed by atoms with Gasteiger partial charge >= 0.3 is 0 Å². The van der Waals surface area contributed by atoms with E-state index in [0.717, 1.165) is 10.9 Å². The number of ether oxygens (including phenoxy) is 2. The van der Waals surface area contributed by atoms with Crippen LogP contribution in [0.5, 0.6) is 0 Å².